The van der Waals surface area contributed by atoms with Crippen LogP contribution in [0, 0.1) is 0 Å². The van der Waals surface area contributed by atoms with Crippen LogP contribution in [0.5, 0.6) is 0 Å². The highest BCUT2D eigenvalue weighted by atomic mass is 32.2. The predicted octanol–water partition coefficient (Wildman–Crippen LogP) is 3.76. The molecule has 5 nitrogen and oxygen atoms in total. The van der Waals surface area contributed by atoms with Crippen molar-refractivity contribution in [2.45, 2.75) is 47.1 Å². The van der Waals surface area contributed by atoms with Crippen LogP contribution in [0.2, 0.25) is 0 Å². The number of hydrogen-bond acceptors (Lipinski definition) is 6. The third-order valence-corrected chi connectivity index (χ3v) is 7.50. The largest absolute Gasteiger partial charge is 0.302 e. The predicted molar refractivity (Wildman–Crippen MR) is 102 cm³/mol. The Hall–Kier alpha value is -1.38. The first-order valence-electron chi connectivity index (χ1n) is 8.11. The smallest absolute Gasteiger partial charge is 0.230 e. The van der Waals surface area contributed by atoms with Gasteiger partial charge in [-0.3, -0.25) is 4.79 Å². The zero-order chi connectivity index (χ0) is 17.9. The number of carbonyl (C=O) groups is 1. The number of thioether (sulfide) groups is 1. The van der Waals surface area contributed by atoms with E-state index < -0.39 is 9.84 Å². The van der Waals surface area contributed by atoms with Crippen molar-refractivity contribution < 1.29 is 13.2 Å². The molecule has 0 saturated heterocycles. The summed E-state index contributed by atoms with van der Waals surface area (Å²) in [6, 6.07) is 5.40. The van der Waals surface area contributed by atoms with E-state index >= 15 is 0 Å². The van der Waals surface area contributed by atoms with Crippen LogP contribution in [-0.2, 0) is 21.1 Å². The third kappa shape index (κ3) is 4.83. The van der Waals surface area contributed by atoms with Gasteiger partial charge in [0.2, 0.25) is 5.91 Å². The van der Waals surface area contributed by atoms with Gasteiger partial charge in [0.15, 0.2) is 15.0 Å². The Balaban J connectivity index is 1.85. The van der Waals surface area contributed by atoms with Gasteiger partial charge in [-0.1, -0.05) is 25.0 Å². The molecule has 134 valence electrons. The van der Waals surface area contributed by atoms with E-state index in [1.54, 1.807) is 29.4 Å². The lowest BCUT2D eigenvalue weighted by atomic mass is 10.1. The third-order valence-electron chi connectivity index (χ3n) is 4.06. The second-order valence-electron chi connectivity index (χ2n) is 6.10. The van der Waals surface area contributed by atoms with E-state index in [1.165, 1.54) is 30.4 Å². The number of carbonyl (C=O) groups excluding carboxylic acids is 1. The SMILES string of the molecule is CS(=O)(=O)c1c(CC(=O)Nc2nccs2)cccc1SC1CCCC1. The number of nitrogens with one attached hydrogen (secondary N) is 1. The van der Waals surface area contributed by atoms with E-state index in [9.17, 15) is 13.2 Å². The van der Waals surface area contributed by atoms with Gasteiger partial charge >= 0.3 is 0 Å². The quantitative estimate of drug-likeness (QED) is 0.804. The van der Waals surface area contributed by atoms with Gasteiger partial charge in [-0.15, -0.1) is 23.1 Å². The van der Waals surface area contributed by atoms with Crippen LogP contribution in [0.25, 0.3) is 0 Å². The summed E-state index contributed by atoms with van der Waals surface area (Å²) in [5.74, 6) is -0.261. The van der Waals surface area contributed by atoms with Gasteiger partial charge in [0, 0.05) is 28.0 Å². The number of rotatable bonds is 6. The first-order valence-corrected chi connectivity index (χ1v) is 11.8. The van der Waals surface area contributed by atoms with E-state index in [0.717, 1.165) is 17.7 Å². The van der Waals surface area contributed by atoms with Gasteiger partial charge in [0.1, 0.15) is 0 Å². The highest BCUT2D eigenvalue weighted by Crippen LogP contribution is 2.38. The molecular formula is C17H20N2O3S3. The summed E-state index contributed by atoms with van der Waals surface area (Å²) in [5, 5.41) is 5.46. The van der Waals surface area contributed by atoms with Crippen LogP contribution in [-0.4, -0.2) is 30.8 Å². The molecule has 3 rings (SSSR count). The van der Waals surface area contributed by atoms with Crippen LogP contribution in [0.1, 0.15) is 31.2 Å². The maximum absolute atomic E-state index is 12.4. The van der Waals surface area contributed by atoms with Gasteiger partial charge in [-0.2, -0.15) is 0 Å². The Labute approximate surface area is 156 Å². The summed E-state index contributed by atoms with van der Waals surface area (Å²) in [6.45, 7) is 0. The Bertz CT molecular complexity index is 842. The molecule has 1 N–H and O–H groups in total. The van der Waals surface area contributed by atoms with E-state index in [4.69, 9.17) is 0 Å². The molecule has 1 heterocycles. The van der Waals surface area contributed by atoms with Crippen LogP contribution in [0.4, 0.5) is 5.13 Å². The second-order valence-corrected chi connectivity index (χ2v) is 10.3. The minimum Gasteiger partial charge on any atom is -0.302 e. The molecule has 0 radical (unpaired) electrons. The monoisotopic (exact) mass is 396 g/mol. The fourth-order valence-corrected chi connectivity index (χ4v) is 6.54. The van der Waals surface area contributed by atoms with Crippen LogP contribution < -0.4 is 5.32 Å². The summed E-state index contributed by atoms with van der Waals surface area (Å²) in [5.41, 5.74) is 0.541. The molecule has 1 aromatic heterocycles. The number of thiazole rings is 1. The Morgan fingerprint density at radius 2 is 2.12 bits per heavy atom. The minimum atomic E-state index is -3.43. The minimum absolute atomic E-state index is 0.0149. The number of hydrogen-bond donors (Lipinski definition) is 1. The standard InChI is InChI=1S/C17H20N2O3S3/c1-25(21,22)16-12(11-15(20)19-17-18-9-10-23-17)5-4-8-14(16)24-13-6-2-3-7-13/h4-5,8-10,13H,2-3,6-7,11H2,1H3,(H,18,19,20). The molecule has 1 saturated carbocycles. The van der Waals surface area contributed by atoms with Crippen molar-refractivity contribution in [1.29, 1.82) is 0 Å². The topological polar surface area (TPSA) is 76.1 Å². The highest BCUT2D eigenvalue weighted by Gasteiger charge is 2.24. The zero-order valence-corrected chi connectivity index (χ0v) is 16.3. The van der Waals surface area contributed by atoms with Gasteiger partial charge in [-0.25, -0.2) is 13.4 Å². The average molecular weight is 397 g/mol. The fraction of sp³-hybridized carbons (Fsp3) is 0.412. The first kappa shape index (κ1) is 18.4. The van der Waals surface area contributed by atoms with Gasteiger partial charge in [-0.05, 0) is 24.5 Å². The number of nitrogens with zero attached hydrogens (tertiary/aromatic N) is 1. The Morgan fingerprint density at radius 1 is 1.36 bits per heavy atom. The number of aromatic nitrogens is 1. The summed E-state index contributed by atoms with van der Waals surface area (Å²) >= 11 is 2.96. The zero-order valence-electron chi connectivity index (χ0n) is 13.9. The molecule has 25 heavy (non-hydrogen) atoms. The molecule has 0 aliphatic heterocycles. The average Bonchev–Trinajstić information content (AvgIpc) is 3.20. The van der Waals surface area contributed by atoms with E-state index in [0.29, 0.717) is 20.8 Å². The van der Waals surface area contributed by atoms with Crippen LogP contribution in [0.3, 0.4) is 0 Å². The number of benzene rings is 1. The number of anilines is 1. The second kappa shape index (κ2) is 7.88. The van der Waals surface area contributed by atoms with Crippen LogP contribution in [0.15, 0.2) is 39.6 Å². The molecule has 1 aliphatic carbocycles. The molecule has 1 fully saturated rings. The maximum Gasteiger partial charge on any atom is 0.230 e. The van der Waals surface area contributed by atoms with Gasteiger partial charge in [0.25, 0.3) is 0 Å². The molecule has 2 aromatic rings. The van der Waals surface area contributed by atoms with Crippen molar-refractivity contribution in [2.75, 3.05) is 11.6 Å². The fourth-order valence-electron chi connectivity index (χ4n) is 3.02. The normalized spacial score (nSPS) is 15.4. The van der Waals surface area contributed by atoms with Crippen molar-refractivity contribution in [3.8, 4) is 0 Å². The molecule has 0 bridgehead atoms. The van der Waals surface area contributed by atoms with E-state index in [1.807, 2.05) is 12.1 Å². The van der Waals surface area contributed by atoms with Crippen LogP contribution >= 0.6 is 23.1 Å². The molecule has 1 amide bonds. The molecule has 1 aliphatic rings. The van der Waals surface area contributed by atoms with Crippen molar-refractivity contribution in [1.82, 2.24) is 4.98 Å². The van der Waals surface area contributed by atoms with Crippen molar-refractivity contribution in [3.63, 3.8) is 0 Å². The summed E-state index contributed by atoms with van der Waals surface area (Å²) in [7, 11) is -3.43. The first-order chi connectivity index (χ1) is 11.9. The molecule has 8 heteroatoms. The van der Waals surface area contributed by atoms with E-state index in [2.05, 4.69) is 10.3 Å². The summed E-state index contributed by atoms with van der Waals surface area (Å²) < 4.78 is 24.8. The lowest BCUT2D eigenvalue weighted by Gasteiger charge is -2.15. The van der Waals surface area contributed by atoms with Gasteiger partial charge in [0.05, 0.1) is 11.3 Å². The highest BCUT2D eigenvalue weighted by molar-refractivity contribution is 8.00. The molecule has 0 atom stereocenters. The van der Waals surface area contributed by atoms with Crippen molar-refractivity contribution >= 4 is 44.0 Å². The lowest BCUT2D eigenvalue weighted by molar-refractivity contribution is -0.115. The lowest BCUT2D eigenvalue weighted by Crippen LogP contribution is -2.16. The van der Waals surface area contributed by atoms with E-state index in [-0.39, 0.29) is 12.3 Å². The Kier molecular flexibility index (Phi) is 5.81. The summed E-state index contributed by atoms with van der Waals surface area (Å²) in [4.78, 5) is 17.3. The molecule has 0 spiro atoms. The Morgan fingerprint density at radius 3 is 2.76 bits per heavy atom. The van der Waals surface area contributed by atoms with Gasteiger partial charge < -0.3 is 5.32 Å². The number of sulfone groups is 1. The molecular weight excluding hydrogens is 376 g/mol. The van der Waals surface area contributed by atoms with Crippen molar-refractivity contribution in [3.05, 3.63) is 35.3 Å². The molecule has 0 unspecified atom stereocenters. The van der Waals surface area contributed by atoms with Crippen molar-refractivity contribution in [2.24, 2.45) is 0 Å². The number of amides is 1. The maximum atomic E-state index is 12.4. The molecule has 1 aromatic carbocycles. The summed E-state index contributed by atoms with van der Waals surface area (Å²) in [6.07, 6.45) is 7.46.